The second-order valence-corrected chi connectivity index (χ2v) is 5.98. The van der Waals surface area contributed by atoms with Gasteiger partial charge in [0, 0.05) is 12.6 Å². The lowest BCUT2D eigenvalue weighted by Crippen LogP contribution is -2.30. The molecule has 0 spiro atoms. The van der Waals surface area contributed by atoms with Gasteiger partial charge in [0.1, 0.15) is 0 Å². The van der Waals surface area contributed by atoms with Crippen molar-refractivity contribution in [3.8, 4) is 6.07 Å². The average Bonchev–Trinajstić information content (AvgIpc) is 2.38. The third-order valence-electron chi connectivity index (χ3n) is 2.67. The number of benzene rings is 1. The molecule has 0 radical (unpaired) electrons. The Morgan fingerprint density at radius 2 is 1.94 bits per heavy atom. The maximum atomic E-state index is 11.2. The first kappa shape index (κ1) is 14.6. The van der Waals surface area contributed by atoms with E-state index >= 15 is 0 Å². The van der Waals surface area contributed by atoms with Crippen LogP contribution in [0.4, 0.5) is 0 Å². The smallest absolute Gasteiger partial charge is 0.212 e. The Bertz CT molecular complexity index is 517. The Hall–Kier alpha value is -1.42. The lowest BCUT2D eigenvalue weighted by atomic mass is 10.1. The minimum Gasteiger partial charge on any atom is -0.309 e. The van der Waals surface area contributed by atoms with Crippen molar-refractivity contribution in [3.05, 3.63) is 35.4 Å². The molecular formula is C12H17N3O2S. The SMILES string of the molecule is CNS(=O)(=O)CCNC(C)c1ccc(C#N)cc1. The molecule has 1 unspecified atom stereocenters. The largest absolute Gasteiger partial charge is 0.309 e. The molecule has 0 heterocycles. The number of nitrogens with one attached hydrogen (secondary N) is 2. The highest BCUT2D eigenvalue weighted by Crippen LogP contribution is 2.12. The number of hydrogen-bond donors (Lipinski definition) is 2. The van der Waals surface area contributed by atoms with Crippen molar-refractivity contribution in [2.75, 3.05) is 19.3 Å². The lowest BCUT2D eigenvalue weighted by Gasteiger charge is -2.14. The summed E-state index contributed by atoms with van der Waals surface area (Å²) in [5.74, 6) is 0.0458. The molecule has 1 rings (SSSR count). The predicted octanol–water partition coefficient (Wildman–Crippen LogP) is 0.758. The molecule has 0 aromatic heterocycles. The Kier molecular flexibility index (Phi) is 5.28. The molecule has 0 saturated heterocycles. The number of hydrogen-bond acceptors (Lipinski definition) is 4. The number of sulfonamides is 1. The van der Waals surface area contributed by atoms with Crippen molar-refractivity contribution in [2.24, 2.45) is 0 Å². The Labute approximate surface area is 108 Å². The predicted molar refractivity (Wildman–Crippen MR) is 70.4 cm³/mol. The zero-order chi connectivity index (χ0) is 13.6. The van der Waals surface area contributed by atoms with E-state index < -0.39 is 10.0 Å². The maximum absolute atomic E-state index is 11.2. The van der Waals surface area contributed by atoms with E-state index in [1.165, 1.54) is 7.05 Å². The number of rotatable bonds is 6. The number of nitrogens with zero attached hydrogens (tertiary/aromatic N) is 1. The molecule has 1 aromatic rings. The van der Waals surface area contributed by atoms with Crippen molar-refractivity contribution >= 4 is 10.0 Å². The van der Waals surface area contributed by atoms with E-state index in [2.05, 4.69) is 16.1 Å². The zero-order valence-corrected chi connectivity index (χ0v) is 11.3. The molecule has 0 saturated carbocycles. The van der Waals surface area contributed by atoms with Gasteiger partial charge in [0.05, 0.1) is 17.4 Å². The van der Waals surface area contributed by atoms with Crippen molar-refractivity contribution in [2.45, 2.75) is 13.0 Å². The third kappa shape index (κ3) is 4.45. The van der Waals surface area contributed by atoms with E-state index in [0.717, 1.165) is 5.56 Å². The standard InChI is InChI=1S/C12H17N3O2S/c1-10(15-7-8-18(16,17)14-2)12-5-3-11(9-13)4-6-12/h3-6,10,14-15H,7-8H2,1-2H3. The molecule has 18 heavy (non-hydrogen) atoms. The van der Waals surface area contributed by atoms with Gasteiger partial charge in [-0.3, -0.25) is 0 Å². The molecule has 0 aliphatic carbocycles. The van der Waals surface area contributed by atoms with Gasteiger partial charge in [-0.2, -0.15) is 5.26 Å². The Morgan fingerprint density at radius 1 is 1.33 bits per heavy atom. The zero-order valence-electron chi connectivity index (χ0n) is 10.5. The van der Waals surface area contributed by atoms with Crippen LogP contribution in [0.3, 0.4) is 0 Å². The van der Waals surface area contributed by atoms with E-state index in [1.807, 2.05) is 19.1 Å². The van der Waals surface area contributed by atoms with Crippen LogP contribution < -0.4 is 10.0 Å². The summed E-state index contributed by atoms with van der Waals surface area (Å²) in [5, 5.41) is 11.8. The fourth-order valence-electron chi connectivity index (χ4n) is 1.48. The van der Waals surface area contributed by atoms with Crippen LogP contribution in [0.25, 0.3) is 0 Å². The minimum absolute atomic E-state index is 0.0458. The number of nitriles is 1. The molecule has 0 aliphatic rings. The topological polar surface area (TPSA) is 82.0 Å². The van der Waals surface area contributed by atoms with Gasteiger partial charge in [0.2, 0.25) is 10.0 Å². The van der Waals surface area contributed by atoms with Gasteiger partial charge in [-0.05, 0) is 31.7 Å². The van der Waals surface area contributed by atoms with Gasteiger partial charge in [0.15, 0.2) is 0 Å². The monoisotopic (exact) mass is 267 g/mol. The summed E-state index contributed by atoms with van der Waals surface area (Å²) >= 11 is 0. The summed E-state index contributed by atoms with van der Waals surface area (Å²) in [4.78, 5) is 0. The van der Waals surface area contributed by atoms with Crippen LogP contribution >= 0.6 is 0 Å². The fraction of sp³-hybridized carbons (Fsp3) is 0.417. The van der Waals surface area contributed by atoms with Crippen molar-refractivity contribution in [1.82, 2.24) is 10.0 Å². The second kappa shape index (κ2) is 6.50. The second-order valence-electron chi connectivity index (χ2n) is 3.93. The van der Waals surface area contributed by atoms with Gasteiger partial charge in [-0.1, -0.05) is 12.1 Å². The highest BCUT2D eigenvalue weighted by Gasteiger charge is 2.09. The molecule has 2 N–H and O–H groups in total. The van der Waals surface area contributed by atoms with E-state index in [9.17, 15) is 8.42 Å². The molecule has 0 aliphatic heterocycles. The third-order valence-corrected chi connectivity index (χ3v) is 4.04. The van der Waals surface area contributed by atoms with Crippen molar-refractivity contribution in [3.63, 3.8) is 0 Å². The molecule has 0 fully saturated rings. The molecule has 0 amide bonds. The van der Waals surface area contributed by atoms with Crippen molar-refractivity contribution < 1.29 is 8.42 Å². The normalized spacial score (nSPS) is 12.9. The first-order valence-corrected chi connectivity index (χ1v) is 7.28. The van der Waals surface area contributed by atoms with Gasteiger partial charge >= 0.3 is 0 Å². The first-order chi connectivity index (χ1) is 8.48. The quantitative estimate of drug-likeness (QED) is 0.797. The van der Waals surface area contributed by atoms with Crippen LogP contribution in [0.2, 0.25) is 0 Å². The summed E-state index contributed by atoms with van der Waals surface area (Å²) in [5.41, 5.74) is 1.64. The average molecular weight is 267 g/mol. The molecule has 1 aromatic carbocycles. The summed E-state index contributed by atoms with van der Waals surface area (Å²) in [6.07, 6.45) is 0. The van der Waals surface area contributed by atoms with Gasteiger partial charge in [-0.15, -0.1) is 0 Å². The van der Waals surface area contributed by atoms with E-state index in [-0.39, 0.29) is 11.8 Å². The van der Waals surface area contributed by atoms with Crippen LogP contribution in [0.5, 0.6) is 0 Å². The summed E-state index contributed by atoms with van der Waals surface area (Å²) in [7, 11) is -1.76. The summed E-state index contributed by atoms with van der Waals surface area (Å²) in [6.45, 7) is 2.33. The molecule has 98 valence electrons. The maximum Gasteiger partial charge on any atom is 0.212 e. The minimum atomic E-state index is -3.16. The fourth-order valence-corrected chi connectivity index (χ4v) is 2.07. The highest BCUT2D eigenvalue weighted by molar-refractivity contribution is 7.89. The first-order valence-electron chi connectivity index (χ1n) is 5.63. The summed E-state index contributed by atoms with van der Waals surface area (Å²) < 4.78 is 24.7. The highest BCUT2D eigenvalue weighted by atomic mass is 32.2. The van der Waals surface area contributed by atoms with E-state index in [4.69, 9.17) is 5.26 Å². The molecule has 1 atom stereocenters. The van der Waals surface area contributed by atoms with Crippen LogP contribution in [0.1, 0.15) is 24.1 Å². The van der Waals surface area contributed by atoms with E-state index in [1.54, 1.807) is 12.1 Å². The van der Waals surface area contributed by atoms with Gasteiger partial charge in [0.25, 0.3) is 0 Å². The Balaban J connectivity index is 2.50. The Morgan fingerprint density at radius 3 is 2.44 bits per heavy atom. The van der Waals surface area contributed by atoms with Gasteiger partial charge in [-0.25, -0.2) is 13.1 Å². The van der Waals surface area contributed by atoms with Crippen LogP contribution in [0, 0.1) is 11.3 Å². The van der Waals surface area contributed by atoms with Crippen LogP contribution in [-0.4, -0.2) is 27.8 Å². The van der Waals surface area contributed by atoms with Crippen molar-refractivity contribution in [1.29, 1.82) is 5.26 Å². The molecule has 6 heteroatoms. The molecule has 0 bridgehead atoms. The van der Waals surface area contributed by atoms with Crippen LogP contribution in [0.15, 0.2) is 24.3 Å². The summed E-state index contributed by atoms with van der Waals surface area (Å²) in [6, 6.07) is 9.33. The molecular weight excluding hydrogens is 250 g/mol. The molecule has 5 nitrogen and oxygen atoms in total. The lowest BCUT2D eigenvalue weighted by molar-refractivity contribution is 0.567. The van der Waals surface area contributed by atoms with Crippen LogP contribution in [-0.2, 0) is 10.0 Å². The van der Waals surface area contributed by atoms with E-state index in [0.29, 0.717) is 12.1 Å². The van der Waals surface area contributed by atoms with Gasteiger partial charge < -0.3 is 5.32 Å².